The average Bonchev–Trinajstić information content (AvgIpc) is 2.65. The van der Waals surface area contributed by atoms with Gasteiger partial charge in [0, 0.05) is 12.2 Å². The minimum absolute atomic E-state index is 0.226. The molecule has 0 fully saturated rings. The summed E-state index contributed by atoms with van der Waals surface area (Å²) < 4.78 is 0. The van der Waals surface area contributed by atoms with E-state index in [1.165, 1.54) is 5.56 Å². The maximum Gasteiger partial charge on any atom is 0.270 e. The molecule has 28 heavy (non-hydrogen) atoms. The number of amides is 1. The Morgan fingerprint density at radius 3 is 2.50 bits per heavy atom. The molecule has 2 N–H and O–H groups in total. The van der Waals surface area contributed by atoms with Crippen LogP contribution in [0.15, 0.2) is 48.5 Å². The van der Waals surface area contributed by atoms with E-state index >= 15 is 0 Å². The molecular formula is C22H23ClN4O. The maximum absolute atomic E-state index is 12.5. The Morgan fingerprint density at radius 1 is 1.04 bits per heavy atom. The standard InChI is InChI=1S/C22H23ClN4O/c1-14-11-15(2)20(18(23)12-14)27-22-25-16(3)13-19(26-22)21(28)24-10-9-17-7-5-4-6-8-17/h4-8,11-13H,9-10H2,1-3H3,(H,24,28)(H,25,26,27). The lowest BCUT2D eigenvalue weighted by molar-refractivity contribution is 0.0949. The monoisotopic (exact) mass is 394 g/mol. The van der Waals surface area contributed by atoms with Crippen molar-refractivity contribution in [2.75, 3.05) is 11.9 Å². The molecule has 1 amide bonds. The summed E-state index contributed by atoms with van der Waals surface area (Å²) in [7, 11) is 0. The van der Waals surface area contributed by atoms with Crippen molar-refractivity contribution >= 4 is 29.1 Å². The fourth-order valence-electron chi connectivity index (χ4n) is 2.98. The third-order valence-electron chi connectivity index (χ3n) is 4.30. The lowest BCUT2D eigenvalue weighted by Crippen LogP contribution is -2.27. The molecule has 2 aromatic carbocycles. The number of carbonyl (C=O) groups is 1. The molecule has 3 rings (SSSR count). The molecule has 0 bridgehead atoms. The number of hydrogen-bond donors (Lipinski definition) is 2. The van der Waals surface area contributed by atoms with Crippen LogP contribution in [0.3, 0.4) is 0 Å². The van der Waals surface area contributed by atoms with Crippen molar-refractivity contribution in [3.8, 4) is 0 Å². The highest BCUT2D eigenvalue weighted by Crippen LogP contribution is 2.29. The predicted molar refractivity (Wildman–Crippen MR) is 113 cm³/mol. The number of aryl methyl sites for hydroxylation is 3. The molecule has 0 spiro atoms. The molecule has 1 heterocycles. The number of aromatic nitrogens is 2. The molecule has 5 nitrogen and oxygen atoms in total. The van der Waals surface area contributed by atoms with E-state index in [1.54, 1.807) is 6.07 Å². The van der Waals surface area contributed by atoms with E-state index in [4.69, 9.17) is 11.6 Å². The third kappa shape index (κ3) is 5.08. The number of benzene rings is 2. The second kappa shape index (κ2) is 8.85. The summed E-state index contributed by atoms with van der Waals surface area (Å²) in [6.07, 6.45) is 0.764. The Morgan fingerprint density at radius 2 is 1.79 bits per heavy atom. The Bertz CT molecular complexity index is 966. The number of hydrogen-bond acceptors (Lipinski definition) is 4. The van der Waals surface area contributed by atoms with Crippen LogP contribution in [0, 0.1) is 20.8 Å². The summed E-state index contributed by atoms with van der Waals surface area (Å²) in [5.41, 5.74) is 5.01. The van der Waals surface area contributed by atoms with Gasteiger partial charge in [0.1, 0.15) is 5.69 Å². The first-order valence-electron chi connectivity index (χ1n) is 9.14. The van der Waals surface area contributed by atoms with Gasteiger partial charge in [-0.3, -0.25) is 4.79 Å². The first-order chi connectivity index (χ1) is 13.4. The summed E-state index contributed by atoms with van der Waals surface area (Å²) in [5.74, 6) is 0.123. The van der Waals surface area contributed by atoms with E-state index in [1.807, 2.05) is 63.2 Å². The van der Waals surface area contributed by atoms with Crippen molar-refractivity contribution in [3.63, 3.8) is 0 Å². The largest absolute Gasteiger partial charge is 0.350 e. The zero-order valence-electron chi connectivity index (χ0n) is 16.2. The van der Waals surface area contributed by atoms with Gasteiger partial charge >= 0.3 is 0 Å². The Labute approximate surface area is 170 Å². The van der Waals surface area contributed by atoms with Gasteiger partial charge in [0.15, 0.2) is 0 Å². The van der Waals surface area contributed by atoms with Gasteiger partial charge in [-0.2, -0.15) is 0 Å². The molecule has 1 aromatic heterocycles. The van der Waals surface area contributed by atoms with Crippen molar-refractivity contribution in [1.82, 2.24) is 15.3 Å². The van der Waals surface area contributed by atoms with Gasteiger partial charge in [0.05, 0.1) is 10.7 Å². The van der Waals surface area contributed by atoms with Crippen LogP contribution in [0.2, 0.25) is 5.02 Å². The molecular weight excluding hydrogens is 372 g/mol. The van der Waals surface area contributed by atoms with Crippen LogP contribution in [0.1, 0.15) is 32.9 Å². The van der Waals surface area contributed by atoms with E-state index in [9.17, 15) is 4.79 Å². The molecule has 0 saturated heterocycles. The highest BCUT2D eigenvalue weighted by Gasteiger charge is 2.13. The number of nitrogens with one attached hydrogen (secondary N) is 2. The Balaban J connectivity index is 1.71. The molecule has 0 aliphatic rings. The summed E-state index contributed by atoms with van der Waals surface area (Å²) in [5, 5.41) is 6.66. The zero-order chi connectivity index (χ0) is 20.1. The van der Waals surface area contributed by atoms with E-state index in [-0.39, 0.29) is 5.91 Å². The highest BCUT2D eigenvalue weighted by atomic mass is 35.5. The van der Waals surface area contributed by atoms with Crippen molar-refractivity contribution in [1.29, 1.82) is 0 Å². The number of halogens is 1. The molecule has 0 radical (unpaired) electrons. The number of anilines is 2. The molecule has 0 unspecified atom stereocenters. The highest BCUT2D eigenvalue weighted by molar-refractivity contribution is 6.33. The molecule has 144 valence electrons. The van der Waals surface area contributed by atoms with Crippen molar-refractivity contribution in [3.05, 3.63) is 81.6 Å². The van der Waals surface area contributed by atoms with Gasteiger partial charge in [-0.1, -0.05) is 48.0 Å². The van der Waals surface area contributed by atoms with E-state index in [0.717, 1.165) is 23.2 Å². The fraction of sp³-hybridized carbons (Fsp3) is 0.227. The van der Waals surface area contributed by atoms with Crippen LogP contribution in [-0.4, -0.2) is 22.4 Å². The van der Waals surface area contributed by atoms with Gasteiger partial charge in [0.25, 0.3) is 5.91 Å². The van der Waals surface area contributed by atoms with Crippen LogP contribution in [0.4, 0.5) is 11.6 Å². The number of nitrogens with zero attached hydrogens (tertiary/aromatic N) is 2. The first kappa shape index (κ1) is 19.8. The van der Waals surface area contributed by atoms with Gasteiger partial charge in [-0.15, -0.1) is 0 Å². The Hall–Kier alpha value is -2.92. The molecule has 3 aromatic rings. The van der Waals surface area contributed by atoms with Crippen LogP contribution in [0.25, 0.3) is 0 Å². The molecule has 6 heteroatoms. The van der Waals surface area contributed by atoms with E-state index in [2.05, 4.69) is 20.6 Å². The van der Waals surface area contributed by atoms with Crippen LogP contribution >= 0.6 is 11.6 Å². The SMILES string of the molecule is Cc1cc(C)c(Nc2nc(C)cc(C(=O)NCCc3ccccc3)n2)c(Cl)c1. The number of rotatable bonds is 6. The van der Waals surface area contributed by atoms with Crippen molar-refractivity contribution in [2.24, 2.45) is 0 Å². The van der Waals surface area contributed by atoms with Crippen LogP contribution in [-0.2, 0) is 6.42 Å². The lowest BCUT2D eigenvalue weighted by atomic mass is 10.1. The fourth-order valence-corrected chi connectivity index (χ4v) is 3.35. The topological polar surface area (TPSA) is 66.9 Å². The second-order valence-corrected chi connectivity index (χ2v) is 7.18. The molecule has 0 saturated carbocycles. The summed E-state index contributed by atoms with van der Waals surface area (Å²) in [4.78, 5) is 21.3. The van der Waals surface area contributed by atoms with Crippen LogP contribution in [0.5, 0.6) is 0 Å². The molecule has 0 aliphatic heterocycles. The Kier molecular flexibility index (Phi) is 6.26. The minimum atomic E-state index is -0.226. The summed E-state index contributed by atoms with van der Waals surface area (Å²) >= 11 is 6.36. The maximum atomic E-state index is 12.5. The number of carbonyl (C=O) groups excluding carboxylic acids is 1. The summed E-state index contributed by atoms with van der Waals surface area (Å²) in [6, 6.07) is 15.6. The predicted octanol–water partition coefficient (Wildman–Crippen LogP) is 4.77. The van der Waals surface area contributed by atoms with Gasteiger partial charge in [-0.05, 0) is 56.0 Å². The smallest absolute Gasteiger partial charge is 0.270 e. The zero-order valence-corrected chi connectivity index (χ0v) is 17.0. The second-order valence-electron chi connectivity index (χ2n) is 6.77. The van der Waals surface area contributed by atoms with Gasteiger partial charge in [-0.25, -0.2) is 9.97 Å². The third-order valence-corrected chi connectivity index (χ3v) is 4.60. The van der Waals surface area contributed by atoms with Gasteiger partial charge in [0.2, 0.25) is 5.95 Å². The molecule has 0 atom stereocenters. The van der Waals surface area contributed by atoms with Gasteiger partial charge < -0.3 is 10.6 Å². The van der Waals surface area contributed by atoms with E-state index < -0.39 is 0 Å². The average molecular weight is 395 g/mol. The minimum Gasteiger partial charge on any atom is -0.350 e. The summed E-state index contributed by atoms with van der Waals surface area (Å²) in [6.45, 7) is 6.33. The molecule has 0 aliphatic carbocycles. The van der Waals surface area contributed by atoms with E-state index in [0.29, 0.717) is 28.9 Å². The van der Waals surface area contributed by atoms with Crippen molar-refractivity contribution < 1.29 is 4.79 Å². The normalized spacial score (nSPS) is 10.6. The quantitative estimate of drug-likeness (QED) is 0.631. The van der Waals surface area contributed by atoms with Crippen LogP contribution < -0.4 is 10.6 Å². The van der Waals surface area contributed by atoms with Crippen molar-refractivity contribution in [2.45, 2.75) is 27.2 Å². The lowest BCUT2D eigenvalue weighted by Gasteiger charge is -2.13. The first-order valence-corrected chi connectivity index (χ1v) is 9.52.